The van der Waals surface area contributed by atoms with Gasteiger partial charge in [-0.1, -0.05) is 12.1 Å². The number of hydrogen-bond acceptors (Lipinski definition) is 4. The number of rotatable bonds is 5. The lowest BCUT2D eigenvalue weighted by atomic mass is 9.86. The molecular formula is C21H19NO3S. The van der Waals surface area contributed by atoms with Gasteiger partial charge in [0.1, 0.15) is 5.75 Å². The van der Waals surface area contributed by atoms with Gasteiger partial charge in [-0.05, 0) is 76.4 Å². The Balaban J connectivity index is 1.54. The van der Waals surface area contributed by atoms with E-state index in [0.717, 1.165) is 24.2 Å². The smallest absolute Gasteiger partial charge is 0.336 e. The summed E-state index contributed by atoms with van der Waals surface area (Å²) < 4.78 is 5.90. The molecule has 3 aromatic rings. The van der Waals surface area contributed by atoms with Crippen LogP contribution in [-0.4, -0.2) is 22.7 Å². The maximum Gasteiger partial charge on any atom is 0.336 e. The predicted octanol–water partition coefficient (Wildman–Crippen LogP) is 5.01. The summed E-state index contributed by atoms with van der Waals surface area (Å²) in [7, 11) is 0. The van der Waals surface area contributed by atoms with E-state index >= 15 is 0 Å². The van der Waals surface area contributed by atoms with Crippen LogP contribution in [0.4, 0.5) is 0 Å². The molecule has 0 amide bonds. The highest BCUT2D eigenvalue weighted by molar-refractivity contribution is 7.08. The first-order valence-electron chi connectivity index (χ1n) is 8.68. The summed E-state index contributed by atoms with van der Waals surface area (Å²) in [5.41, 5.74) is 4.75. The summed E-state index contributed by atoms with van der Waals surface area (Å²) in [5.74, 6) is 0.432. The number of aromatic carboxylic acids is 1. The number of hydrogen-bond donors (Lipinski definition) is 1. The number of benzene rings is 1. The van der Waals surface area contributed by atoms with E-state index in [1.54, 1.807) is 23.6 Å². The minimum Gasteiger partial charge on any atom is -0.493 e. The van der Waals surface area contributed by atoms with E-state index in [1.165, 1.54) is 22.9 Å². The van der Waals surface area contributed by atoms with Gasteiger partial charge < -0.3 is 9.84 Å². The van der Waals surface area contributed by atoms with Crippen LogP contribution in [0.25, 0.3) is 11.1 Å². The van der Waals surface area contributed by atoms with Gasteiger partial charge in [-0.2, -0.15) is 11.3 Å². The van der Waals surface area contributed by atoms with Crippen LogP contribution in [-0.2, 0) is 6.42 Å². The van der Waals surface area contributed by atoms with Crippen LogP contribution in [0.1, 0.15) is 40.2 Å². The van der Waals surface area contributed by atoms with Crippen LogP contribution < -0.4 is 4.74 Å². The minimum absolute atomic E-state index is 0.347. The maximum absolute atomic E-state index is 11.4. The SMILES string of the molecule is O=C(O)c1ccncc1CC[C@@H]1CCOc2cc(-c3ccsc3)ccc21. The van der Waals surface area contributed by atoms with Crippen molar-refractivity contribution < 1.29 is 14.6 Å². The summed E-state index contributed by atoms with van der Waals surface area (Å²) in [4.78, 5) is 15.5. The van der Waals surface area contributed by atoms with Crippen LogP contribution in [0.2, 0.25) is 0 Å². The molecule has 4 nitrogen and oxygen atoms in total. The lowest BCUT2D eigenvalue weighted by Gasteiger charge is -2.26. The van der Waals surface area contributed by atoms with Crippen LogP contribution in [0.3, 0.4) is 0 Å². The van der Waals surface area contributed by atoms with Crippen LogP contribution in [0, 0.1) is 0 Å². The first-order chi connectivity index (χ1) is 12.7. The number of thiophene rings is 1. The second-order valence-corrected chi connectivity index (χ2v) is 7.26. The van der Waals surface area contributed by atoms with E-state index in [4.69, 9.17) is 4.74 Å². The topological polar surface area (TPSA) is 59.4 Å². The number of fused-ring (bicyclic) bond motifs is 1. The number of carbonyl (C=O) groups is 1. The van der Waals surface area contributed by atoms with Gasteiger partial charge in [-0.15, -0.1) is 0 Å². The molecular weight excluding hydrogens is 346 g/mol. The highest BCUT2D eigenvalue weighted by atomic mass is 32.1. The number of aromatic nitrogens is 1. The van der Waals surface area contributed by atoms with Gasteiger partial charge in [0.05, 0.1) is 12.2 Å². The molecule has 0 saturated heterocycles. The number of nitrogens with zero attached hydrogens (tertiary/aromatic N) is 1. The summed E-state index contributed by atoms with van der Waals surface area (Å²) in [6.07, 6.45) is 5.74. The summed E-state index contributed by atoms with van der Waals surface area (Å²) >= 11 is 1.69. The Hall–Kier alpha value is -2.66. The molecule has 0 saturated carbocycles. The average Bonchev–Trinajstić information content (AvgIpc) is 3.21. The fourth-order valence-corrected chi connectivity index (χ4v) is 4.20. The standard InChI is InChI=1S/C21H19NO3S/c23-21(24)19-5-8-22-12-16(19)2-1-14-6-9-25-20-11-15(3-4-18(14)20)17-7-10-26-13-17/h3-5,7-8,10-14H,1-2,6,9H2,(H,23,24)/t14-/m1/s1. The van der Waals surface area contributed by atoms with Gasteiger partial charge in [-0.3, -0.25) is 4.98 Å². The third-order valence-corrected chi connectivity index (χ3v) is 5.61. The number of ether oxygens (including phenoxy) is 1. The van der Waals surface area contributed by atoms with E-state index in [0.29, 0.717) is 24.5 Å². The van der Waals surface area contributed by atoms with Crippen LogP contribution in [0.5, 0.6) is 5.75 Å². The Kier molecular flexibility index (Phi) is 4.71. The van der Waals surface area contributed by atoms with Gasteiger partial charge in [0.25, 0.3) is 0 Å². The van der Waals surface area contributed by atoms with Crippen molar-refractivity contribution >= 4 is 17.3 Å². The van der Waals surface area contributed by atoms with E-state index in [1.807, 2.05) is 0 Å². The van der Waals surface area contributed by atoms with Crippen molar-refractivity contribution in [1.29, 1.82) is 0 Å². The van der Waals surface area contributed by atoms with Crippen molar-refractivity contribution in [3.05, 3.63) is 70.2 Å². The molecule has 0 fully saturated rings. The van der Waals surface area contributed by atoms with Gasteiger partial charge in [-0.25, -0.2) is 4.79 Å². The Bertz CT molecular complexity index is 921. The molecule has 1 atom stereocenters. The Morgan fingerprint density at radius 2 is 2.19 bits per heavy atom. The first kappa shape index (κ1) is 16.8. The highest BCUT2D eigenvalue weighted by Gasteiger charge is 2.22. The van der Waals surface area contributed by atoms with Crippen molar-refractivity contribution in [3.8, 4) is 16.9 Å². The molecule has 3 heterocycles. The van der Waals surface area contributed by atoms with E-state index in [-0.39, 0.29) is 0 Å². The van der Waals surface area contributed by atoms with Crippen LogP contribution >= 0.6 is 11.3 Å². The highest BCUT2D eigenvalue weighted by Crippen LogP contribution is 2.39. The zero-order chi connectivity index (χ0) is 17.9. The van der Waals surface area contributed by atoms with Gasteiger partial charge in [0.15, 0.2) is 0 Å². The van der Waals surface area contributed by atoms with Gasteiger partial charge in [0, 0.05) is 12.4 Å². The first-order valence-corrected chi connectivity index (χ1v) is 9.62. The molecule has 0 aliphatic carbocycles. The second-order valence-electron chi connectivity index (χ2n) is 6.48. The molecule has 1 aromatic carbocycles. The fourth-order valence-electron chi connectivity index (χ4n) is 3.54. The molecule has 0 radical (unpaired) electrons. The molecule has 0 spiro atoms. The summed E-state index contributed by atoms with van der Waals surface area (Å²) in [5, 5.41) is 13.5. The largest absolute Gasteiger partial charge is 0.493 e. The molecule has 26 heavy (non-hydrogen) atoms. The Morgan fingerprint density at radius 1 is 1.27 bits per heavy atom. The fraction of sp³-hybridized carbons (Fsp3) is 0.238. The molecule has 1 aliphatic rings. The third-order valence-electron chi connectivity index (χ3n) is 4.93. The molecule has 1 aliphatic heterocycles. The maximum atomic E-state index is 11.4. The van der Waals surface area contributed by atoms with E-state index < -0.39 is 5.97 Å². The van der Waals surface area contributed by atoms with E-state index in [9.17, 15) is 9.90 Å². The van der Waals surface area contributed by atoms with Crippen molar-refractivity contribution in [2.75, 3.05) is 6.61 Å². The Labute approximate surface area is 156 Å². The minimum atomic E-state index is -0.893. The zero-order valence-electron chi connectivity index (χ0n) is 14.2. The molecule has 132 valence electrons. The van der Waals surface area contributed by atoms with Crippen molar-refractivity contribution in [1.82, 2.24) is 4.98 Å². The molecule has 0 bridgehead atoms. The number of aryl methyl sites for hydroxylation is 1. The van der Waals surface area contributed by atoms with Crippen molar-refractivity contribution in [2.45, 2.75) is 25.2 Å². The lowest BCUT2D eigenvalue weighted by Crippen LogP contribution is -2.15. The number of carboxylic acids is 1. The molecule has 0 unspecified atom stereocenters. The molecule has 5 heteroatoms. The Morgan fingerprint density at radius 3 is 3.00 bits per heavy atom. The summed E-state index contributed by atoms with van der Waals surface area (Å²) in [6.45, 7) is 0.698. The van der Waals surface area contributed by atoms with Crippen LogP contribution in [0.15, 0.2) is 53.5 Å². The van der Waals surface area contributed by atoms with Gasteiger partial charge in [0.2, 0.25) is 0 Å². The summed E-state index contributed by atoms with van der Waals surface area (Å²) in [6, 6.07) is 10.1. The van der Waals surface area contributed by atoms with Gasteiger partial charge >= 0.3 is 5.97 Å². The third kappa shape index (κ3) is 3.35. The molecule has 1 N–H and O–H groups in total. The average molecular weight is 365 g/mol. The van der Waals surface area contributed by atoms with Crippen molar-refractivity contribution in [2.24, 2.45) is 0 Å². The lowest BCUT2D eigenvalue weighted by molar-refractivity contribution is 0.0695. The predicted molar refractivity (Wildman–Crippen MR) is 102 cm³/mol. The molecule has 2 aromatic heterocycles. The second kappa shape index (κ2) is 7.30. The quantitative estimate of drug-likeness (QED) is 0.691. The number of carboxylic acid groups (broad SMARTS) is 1. The molecule has 4 rings (SSSR count). The zero-order valence-corrected chi connectivity index (χ0v) is 15.0. The van der Waals surface area contributed by atoms with Crippen molar-refractivity contribution in [3.63, 3.8) is 0 Å². The van der Waals surface area contributed by atoms with E-state index in [2.05, 4.69) is 40.0 Å². The monoisotopic (exact) mass is 365 g/mol. The normalized spacial score (nSPS) is 15.9. The number of pyridine rings is 1.